The minimum absolute atomic E-state index is 0.106. The van der Waals surface area contributed by atoms with Gasteiger partial charge in [-0.05, 0) is 6.42 Å². The molecule has 0 radical (unpaired) electrons. The summed E-state index contributed by atoms with van der Waals surface area (Å²) in [5.74, 6) is 0.106. The molecule has 0 rings (SSSR count). The summed E-state index contributed by atoms with van der Waals surface area (Å²) in [5.41, 5.74) is 5.31. The summed E-state index contributed by atoms with van der Waals surface area (Å²) >= 11 is 4.96. The zero-order chi connectivity index (χ0) is 14.0. The van der Waals surface area contributed by atoms with Crippen molar-refractivity contribution >= 4 is 23.1 Å². The lowest BCUT2D eigenvalue weighted by atomic mass is 9.93. The SMILES string of the molecule is CCCCCCCCC(=O)NCC(C)(C)C(N)=S. The molecule has 0 bridgehead atoms. The number of amides is 1. The van der Waals surface area contributed by atoms with Gasteiger partial charge in [0.2, 0.25) is 5.91 Å². The first-order valence-electron chi connectivity index (χ1n) is 6.96. The molecule has 3 nitrogen and oxygen atoms in total. The quantitative estimate of drug-likeness (QED) is 0.474. The number of carbonyl (C=O) groups excluding carboxylic acids is 1. The highest BCUT2D eigenvalue weighted by atomic mass is 32.1. The van der Waals surface area contributed by atoms with E-state index in [1.54, 1.807) is 0 Å². The zero-order valence-corrected chi connectivity index (χ0v) is 12.9. The molecule has 3 N–H and O–H groups in total. The molecule has 0 atom stereocenters. The van der Waals surface area contributed by atoms with Gasteiger partial charge in [0.15, 0.2) is 0 Å². The molecule has 0 aliphatic heterocycles. The first-order chi connectivity index (χ1) is 8.40. The Labute approximate surface area is 117 Å². The summed E-state index contributed by atoms with van der Waals surface area (Å²) in [4.78, 5) is 12.1. The van der Waals surface area contributed by atoms with Crippen molar-refractivity contribution in [3.05, 3.63) is 0 Å². The molecule has 106 valence electrons. The van der Waals surface area contributed by atoms with E-state index in [0.717, 1.165) is 12.8 Å². The number of nitrogens with two attached hydrogens (primary N) is 1. The summed E-state index contributed by atoms with van der Waals surface area (Å²) in [6.07, 6.45) is 7.81. The van der Waals surface area contributed by atoms with E-state index in [-0.39, 0.29) is 11.3 Å². The highest BCUT2D eigenvalue weighted by molar-refractivity contribution is 7.80. The maximum atomic E-state index is 11.6. The van der Waals surface area contributed by atoms with E-state index in [1.807, 2.05) is 13.8 Å². The van der Waals surface area contributed by atoms with Gasteiger partial charge in [0.25, 0.3) is 0 Å². The predicted octanol–water partition coefficient (Wildman–Crippen LogP) is 3.17. The molecule has 0 aromatic carbocycles. The van der Waals surface area contributed by atoms with Crippen molar-refractivity contribution in [1.29, 1.82) is 0 Å². The van der Waals surface area contributed by atoms with Crippen LogP contribution in [0.3, 0.4) is 0 Å². The largest absolute Gasteiger partial charge is 0.393 e. The maximum absolute atomic E-state index is 11.6. The number of hydrogen-bond acceptors (Lipinski definition) is 2. The molecule has 0 fully saturated rings. The highest BCUT2D eigenvalue weighted by Gasteiger charge is 2.21. The first-order valence-corrected chi connectivity index (χ1v) is 7.37. The minimum atomic E-state index is -0.299. The van der Waals surface area contributed by atoms with E-state index in [4.69, 9.17) is 18.0 Å². The number of thiocarbonyl (C=S) groups is 1. The van der Waals surface area contributed by atoms with E-state index < -0.39 is 0 Å². The fraction of sp³-hybridized carbons (Fsp3) is 0.857. The summed E-state index contributed by atoms with van der Waals surface area (Å²) in [5, 5.41) is 2.90. The van der Waals surface area contributed by atoms with Gasteiger partial charge < -0.3 is 11.1 Å². The monoisotopic (exact) mass is 272 g/mol. The molecule has 0 saturated heterocycles. The molecule has 4 heteroatoms. The number of nitrogens with one attached hydrogen (secondary N) is 1. The van der Waals surface area contributed by atoms with Crippen molar-refractivity contribution in [2.45, 2.75) is 65.7 Å². The van der Waals surface area contributed by atoms with Crippen molar-refractivity contribution < 1.29 is 4.79 Å². The van der Waals surface area contributed by atoms with Crippen molar-refractivity contribution in [3.63, 3.8) is 0 Å². The van der Waals surface area contributed by atoms with Crippen molar-refractivity contribution in [3.8, 4) is 0 Å². The first kappa shape index (κ1) is 17.4. The van der Waals surface area contributed by atoms with E-state index in [0.29, 0.717) is 18.0 Å². The molecule has 0 heterocycles. The Morgan fingerprint density at radius 1 is 1.17 bits per heavy atom. The van der Waals surface area contributed by atoms with Crippen molar-refractivity contribution in [2.75, 3.05) is 6.54 Å². The number of unbranched alkanes of at least 4 members (excludes halogenated alkanes) is 5. The average Bonchev–Trinajstić information content (AvgIpc) is 2.31. The van der Waals surface area contributed by atoms with Crippen LogP contribution in [-0.2, 0) is 4.79 Å². The molecule has 0 saturated carbocycles. The minimum Gasteiger partial charge on any atom is -0.393 e. The third-order valence-electron chi connectivity index (χ3n) is 3.15. The second-order valence-corrected chi connectivity index (χ2v) is 5.98. The average molecular weight is 272 g/mol. The second kappa shape index (κ2) is 9.31. The number of rotatable bonds is 10. The molecule has 0 aromatic rings. The lowest BCUT2D eigenvalue weighted by Crippen LogP contribution is -2.41. The maximum Gasteiger partial charge on any atom is 0.220 e. The van der Waals surface area contributed by atoms with Crippen molar-refractivity contribution in [1.82, 2.24) is 5.32 Å². The standard InChI is InChI=1S/C14H28N2OS/c1-4-5-6-7-8-9-10-12(17)16-11-14(2,3)13(15)18/h4-11H2,1-3H3,(H2,15,18)(H,16,17). The molecule has 0 aromatic heterocycles. The topological polar surface area (TPSA) is 55.1 Å². The van der Waals surface area contributed by atoms with E-state index >= 15 is 0 Å². The third kappa shape index (κ3) is 8.45. The Balaban J connectivity index is 3.58. The Hall–Kier alpha value is -0.640. The normalized spacial score (nSPS) is 11.3. The lowest BCUT2D eigenvalue weighted by molar-refractivity contribution is -0.121. The summed E-state index contributed by atoms with van der Waals surface area (Å²) < 4.78 is 0. The van der Waals surface area contributed by atoms with Crippen LogP contribution < -0.4 is 11.1 Å². The Morgan fingerprint density at radius 2 is 1.72 bits per heavy atom. The fourth-order valence-electron chi connectivity index (χ4n) is 1.56. The van der Waals surface area contributed by atoms with Crippen LogP contribution in [0.25, 0.3) is 0 Å². The highest BCUT2D eigenvalue weighted by Crippen LogP contribution is 2.13. The van der Waals surface area contributed by atoms with Crippen LogP contribution in [0.4, 0.5) is 0 Å². The number of carbonyl (C=O) groups is 1. The van der Waals surface area contributed by atoms with Gasteiger partial charge in [-0.25, -0.2) is 0 Å². The summed E-state index contributed by atoms with van der Waals surface area (Å²) in [6.45, 7) is 6.62. The summed E-state index contributed by atoms with van der Waals surface area (Å²) in [7, 11) is 0. The summed E-state index contributed by atoms with van der Waals surface area (Å²) in [6, 6.07) is 0. The smallest absolute Gasteiger partial charge is 0.220 e. The molecular weight excluding hydrogens is 244 g/mol. The molecule has 0 unspecified atom stereocenters. The molecule has 18 heavy (non-hydrogen) atoms. The van der Waals surface area contributed by atoms with E-state index in [1.165, 1.54) is 25.7 Å². The van der Waals surface area contributed by atoms with E-state index in [2.05, 4.69) is 12.2 Å². The third-order valence-corrected chi connectivity index (χ3v) is 3.70. The molecule has 0 aliphatic carbocycles. The van der Waals surface area contributed by atoms with Crippen LogP contribution in [0.2, 0.25) is 0 Å². The van der Waals surface area contributed by atoms with Crippen LogP contribution in [0.1, 0.15) is 65.7 Å². The lowest BCUT2D eigenvalue weighted by Gasteiger charge is -2.23. The van der Waals surface area contributed by atoms with Crippen molar-refractivity contribution in [2.24, 2.45) is 11.1 Å². The van der Waals surface area contributed by atoms with Gasteiger partial charge in [-0.3, -0.25) is 4.79 Å². The van der Waals surface area contributed by atoms with Gasteiger partial charge in [0, 0.05) is 18.4 Å². The van der Waals surface area contributed by atoms with Gasteiger partial charge in [-0.1, -0.05) is 65.1 Å². The van der Waals surface area contributed by atoms with Crippen LogP contribution in [-0.4, -0.2) is 17.4 Å². The van der Waals surface area contributed by atoms with Crippen LogP contribution in [0, 0.1) is 5.41 Å². The fourth-order valence-corrected chi connectivity index (χ4v) is 1.63. The zero-order valence-electron chi connectivity index (χ0n) is 12.1. The van der Waals surface area contributed by atoms with Gasteiger partial charge in [-0.15, -0.1) is 0 Å². The van der Waals surface area contributed by atoms with Crippen LogP contribution in [0.15, 0.2) is 0 Å². The van der Waals surface area contributed by atoms with Gasteiger partial charge in [0.05, 0.1) is 4.99 Å². The Morgan fingerprint density at radius 3 is 2.28 bits per heavy atom. The van der Waals surface area contributed by atoms with Crippen LogP contribution >= 0.6 is 12.2 Å². The van der Waals surface area contributed by atoms with Crippen LogP contribution in [0.5, 0.6) is 0 Å². The number of hydrogen-bond donors (Lipinski definition) is 2. The molecule has 0 spiro atoms. The van der Waals surface area contributed by atoms with Gasteiger partial charge >= 0.3 is 0 Å². The second-order valence-electron chi connectivity index (χ2n) is 5.54. The molecular formula is C14H28N2OS. The molecule has 0 aliphatic rings. The predicted molar refractivity (Wildman–Crippen MR) is 81.6 cm³/mol. The van der Waals surface area contributed by atoms with E-state index in [9.17, 15) is 4.79 Å². The Bertz CT molecular complexity index is 265. The molecule has 1 amide bonds. The Kier molecular flexibility index (Phi) is 8.98. The van der Waals surface area contributed by atoms with Gasteiger partial charge in [0.1, 0.15) is 0 Å². The van der Waals surface area contributed by atoms with Gasteiger partial charge in [-0.2, -0.15) is 0 Å².